The molecular formula is C16H17N3O4S. The number of thiocarbonyl (C=S) groups is 1. The fourth-order valence-corrected chi connectivity index (χ4v) is 1.95. The molecule has 0 unspecified atom stereocenters. The molecule has 24 heavy (non-hydrogen) atoms. The number of benzene rings is 1. The Morgan fingerprint density at radius 3 is 2.58 bits per heavy atom. The molecule has 7 nitrogen and oxygen atoms in total. The largest absolute Gasteiger partial charge is 0.497 e. The summed E-state index contributed by atoms with van der Waals surface area (Å²) in [6.45, 7) is 3.52. The number of hydrogen-bond acceptors (Lipinski definition) is 5. The van der Waals surface area contributed by atoms with Gasteiger partial charge in [0.15, 0.2) is 5.43 Å². The number of carboxylic acid groups (broad SMARTS) is 1. The van der Waals surface area contributed by atoms with Gasteiger partial charge in [-0.1, -0.05) is 12.2 Å². The van der Waals surface area contributed by atoms with E-state index >= 15 is 0 Å². The summed E-state index contributed by atoms with van der Waals surface area (Å²) in [5, 5.41) is 20.3. The second-order valence-corrected chi connectivity index (χ2v) is 5.50. The van der Waals surface area contributed by atoms with Crippen molar-refractivity contribution in [3.8, 4) is 11.8 Å². The molecule has 0 radical (unpaired) electrons. The van der Waals surface area contributed by atoms with Crippen molar-refractivity contribution >= 4 is 34.6 Å². The topological polar surface area (TPSA) is 115 Å². The quantitative estimate of drug-likeness (QED) is 0.725. The minimum Gasteiger partial charge on any atom is -0.497 e. The maximum absolute atomic E-state index is 11.6. The molecule has 8 heteroatoms. The highest BCUT2D eigenvalue weighted by atomic mass is 32.1. The van der Waals surface area contributed by atoms with Crippen LogP contribution in [-0.4, -0.2) is 34.2 Å². The number of methoxy groups -OCH3 is 1. The Labute approximate surface area is 143 Å². The van der Waals surface area contributed by atoms with E-state index in [1.54, 1.807) is 32.0 Å². The van der Waals surface area contributed by atoms with E-state index in [0.29, 0.717) is 16.7 Å². The summed E-state index contributed by atoms with van der Waals surface area (Å²) >= 11 is 4.48. The summed E-state index contributed by atoms with van der Waals surface area (Å²) in [5.74, 6) is -0.604. The number of rotatable bonds is 4. The summed E-state index contributed by atoms with van der Waals surface area (Å²) in [4.78, 5) is 25.0. The predicted molar refractivity (Wildman–Crippen MR) is 94.6 cm³/mol. The standard InChI is InChI=1S/C11H9NO4.C5H8N2S/c1-16-6-2-3-7-8(4-6)12-9(11(14)15)5-10(7)13;1-5(2,3-6)7-4-8/h2-5H,1H3,(H,12,13)(H,14,15);4H,1-2H3,(H,7,8). The smallest absolute Gasteiger partial charge is 0.352 e. The van der Waals surface area contributed by atoms with Crippen molar-refractivity contribution in [1.29, 1.82) is 5.26 Å². The van der Waals surface area contributed by atoms with E-state index in [1.807, 2.05) is 6.07 Å². The molecule has 1 heterocycles. The Morgan fingerprint density at radius 1 is 1.46 bits per heavy atom. The average Bonchev–Trinajstić information content (AvgIpc) is 2.54. The highest BCUT2D eigenvalue weighted by molar-refractivity contribution is 7.78. The van der Waals surface area contributed by atoms with Crippen molar-refractivity contribution in [3.63, 3.8) is 0 Å². The van der Waals surface area contributed by atoms with Crippen molar-refractivity contribution < 1.29 is 14.6 Å². The van der Waals surface area contributed by atoms with Crippen LogP contribution in [0.15, 0.2) is 29.1 Å². The fourth-order valence-electron chi connectivity index (χ4n) is 1.65. The van der Waals surface area contributed by atoms with Gasteiger partial charge in [0.05, 0.1) is 24.2 Å². The van der Waals surface area contributed by atoms with Gasteiger partial charge in [0.2, 0.25) is 0 Å². The SMILES string of the molecule is CC(C)(C#N)NC=S.COc1ccc2c(=O)cc(C(=O)O)[nH]c2c1. The van der Waals surface area contributed by atoms with Crippen LogP contribution < -0.4 is 15.5 Å². The molecule has 0 fully saturated rings. The van der Waals surface area contributed by atoms with E-state index < -0.39 is 11.5 Å². The zero-order valence-corrected chi connectivity index (χ0v) is 14.2. The van der Waals surface area contributed by atoms with Crippen LogP contribution in [0.4, 0.5) is 0 Å². The molecule has 0 aliphatic heterocycles. The lowest BCUT2D eigenvalue weighted by molar-refractivity contribution is 0.0691. The van der Waals surface area contributed by atoms with Crippen molar-refractivity contribution in [2.45, 2.75) is 19.4 Å². The molecule has 0 saturated carbocycles. The van der Waals surface area contributed by atoms with Crippen LogP contribution in [0.2, 0.25) is 0 Å². The maximum atomic E-state index is 11.6. The zero-order valence-electron chi connectivity index (χ0n) is 13.4. The second-order valence-electron chi connectivity index (χ2n) is 5.26. The first kappa shape index (κ1) is 19.1. The number of aromatic nitrogens is 1. The molecule has 2 aromatic rings. The Balaban J connectivity index is 0.000000307. The van der Waals surface area contributed by atoms with Gasteiger partial charge >= 0.3 is 5.97 Å². The monoisotopic (exact) mass is 347 g/mol. The third-order valence-electron chi connectivity index (χ3n) is 2.97. The van der Waals surface area contributed by atoms with E-state index in [4.69, 9.17) is 15.1 Å². The van der Waals surface area contributed by atoms with E-state index in [1.165, 1.54) is 12.6 Å². The van der Waals surface area contributed by atoms with Gasteiger partial charge in [-0.3, -0.25) is 4.79 Å². The van der Waals surface area contributed by atoms with Crippen LogP contribution >= 0.6 is 12.2 Å². The molecule has 0 aliphatic rings. The molecule has 126 valence electrons. The van der Waals surface area contributed by atoms with Gasteiger partial charge in [-0.15, -0.1) is 0 Å². The zero-order chi connectivity index (χ0) is 18.3. The maximum Gasteiger partial charge on any atom is 0.352 e. The number of nitrogens with one attached hydrogen (secondary N) is 2. The molecular weight excluding hydrogens is 330 g/mol. The number of H-pyrrole nitrogens is 1. The van der Waals surface area contributed by atoms with Gasteiger partial charge < -0.3 is 20.1 Å². The summed E-state index contributed by atoms with van der Waals surface area (Å²) in [6, 6.07) is 7.93. The molecule has 1 aromatic carbocycles. The minimum atomic E-state index is -1.16. The Bertz CT molecular complexity index is 853. The van der Waals surface area contributed by atoms with Crippen molar-refractivity contribution in [3.05, 3.63) is 40.2 Å². The van der Waals surface area contributed by atoms with Gasteiger partial charge in [-0.2, -0.15) is 5.26 Å². The number of aromatic carboxylic acids is 1. The van der Waals surface area contributed by atoms with E-state index in [9.17, 15) is 9.59 Å². The number of nitrogens with zero attached hydrogens (tertiary/aromatic N) is 1. The number of hydrogen-bond donors (Lipinski definition) is 3. The molecule has 0 saturated heterocycles. The predicted octanol–water partition coefficient (Wildman–Crippen LogP) is 2.07. The summed E-state index contributed by atoms with van der Waals surface area (Å²) in [6.07, 6.45) is 0. The molecule has 0 atom stereocenters. The lowest BCUT2D eigenvalue weighted by atomic mass is 10.1. The number of ether oxygens (including phenoxy) is 1. The van der Waals surface area contributed by atoms with Gasteiger partial charge in [0.25, 0.3) is 0 Å². The first-order chi connectivity index (χ1) is 11.2. The second kappa shape index (κ2) is 8.08. The average molecular weight is 347 g/mol. The first-order valence-corrected chi connectivity index (χ1v) is 7.28. The number of aromatic amines is 1. The lowest BCUT2D eigenvalue weighted by Gasteiger charge is -2.12. The molecule has 3 N–H and O–H groups in total. The van der Waals surface area contributed by atoms with Gasteiger partial charge in [0.1, 0.15) is 17.0 Å². The van der Waals surface area contributed by atoms with Crippen LogP contribution in [0.3, 0.4) is 0 Å². The van der Waals surface area contributed by atoms with Gasteiger partial charge in [-0.25, -0.2) is 4.79 Å². The van der Waals surface area contributed by atoms with Crippen LogP contribution in [0, 0.1) is 11.3 Å². The highest BCUT2D eigenvalue weighted by Gasteiger charge is 2.11. The normalized spacial score (nSPS) is 10.1. The number of carboxylic acids is 1. The number of nitriles is 1. The number of pyridine rings is 1. The van der Waals surface area contributed by atoms with Crippen molar-refractivity contribution in [1.82, 2.24) is 10.3 Å². The third kappa shape index (κ3) is 5.07. The number of fused-ring (bicyclic) bond motifs is 1. The van der Waals surface area contributed by atoms with E-state index in [-0.39, 0.29) is 11.1 Å². The van der Waals surface area contributed by atoms with Crippen LogP contribution in [0.25, 0.3) is 10.9 Å². The lowest BCUT2D eigenvalue weighted by Crippen LogP contribution is -2.35. The van der Waals surface area contributed by atoms with Crippen LogP contribution in [0.5, 0.6) is 5.75 Å². The summed E-state index contributed by atoms with van der Waals surface area (Å²) in [5.41, 5.74) is 0.828. The minimum absolute atomic E-state index is 0.134. The molecule has 0 spiro atoms. The summed E-state index contributed by atoms with van der Waals surface area (Å²) in [7, 11) is 1.50. The third-order valence-corrected chi connectivity index (χ3v) is 3.08. The highest BCUT2D eigenvalue weighted by Crippen LogP contribution is 2.16. The van der Waals surface area contributed by atoms with Gasteiger partial charge in [-0.05, 0) is 26.0 Å². The molecule has 0 bridgehead atoms. The Kier molecular flexibility index (Phi) is 6.44. The van der Waals surface area contributed by atoms with Gasteiger partial charge in [0, 0.05) is 17.5 Å². The Morgan fingerprint density at radius 2 is 2.12 bits per heavy atom. The first-order valence-electron chi connectivity index (χ1n) is 6.81. The molecule has 0 aliphatic carbocycles. The summed E-state index contributed by atoms with van der Waals surface area (Å²) < 4.78 is 4.99. The molecule has 0 amide bonds. The van der Waals surface area contributed by atoms with Crippen molar-refractivity contribution in [2.24, 2.45) is 0 Å². The molecule has 1 aromatic heterocycles. The number of carbonyl (C=O) groups is 1. The Hall–Kier alpha value is -2.92. The van der Waals surface area contributed by atoms with Crippen LogP contribution in [0.1, 0.15) is 24.3 Å². The van der Waals surface area contributed by atoms with Crippen molar-refractivity contribution in [2.75, 3.05) is 7.11 Å². The van der Waals surface area contributed by atoms with E-state index in [0.717, 1.165) is 6.07 Å². The fraction of sp³-hybridized carbons (Fsp3) is 0.250. The van der Waals surface area contributed by atoms with Crippen LogP contribution in [-0.2, 0) is 0 Å². The molecule has 2 rings (SSSR count). The van der Waals surface area contributed by atoms with E-state index in [2.05, 4.69) is 22.5 Å².